The molecule has 0 radical (unpaired) electrons. The van der Waals surface area contributed by atoms with Crippen molar-refractivity contribution in [2.75, 3.05) is 5.73 Å². The van der Waals surface area contributed by atoms with Crippen LogP contribution in [0.3, 0.4) is 0 Å². The van der Waals surface area contributed by atoms with E-state index in [1.807, 2.05) is 25.1 Å². The molecule has 0 saturated heterocycles. The van der Waals surface area contributed by atoms with Crippen molar-refractivity contribution in [3.8, 4) is 0 Å². The van der Waals surface area contributed by atoms with Crippen molar-refractivity contribution in [2.24, 2.45) is 11.8 Å². The Hall–Kier alpha value is -1.64. The minimum Gasteiger partial charge on any atom is -0.399 e. The van der Waals surface area contributed by atoms with Crippen LogP contribution in [0.1, 0.15) is 51.2 Å². The van der Waals surface area contributed by atoms with Crippen LogP contribution >= 0.6 is 0 Å². The number of nitrogens with two attached hydrogens (primary N) is 1. The molecule has 4 N–H and O–H groups in total. The number of benzene rings is 1. The molecule has 2 unspecified atom stereocenters. The fourth-order valence-electron chi connectivity index (χ4n) is 2.22. The van der Waals surface area contributed by atoms with Crippen molar-refractivity contribution in [3.05, 3.63) is 29.3 Å². The summed E-state index contributed by atoms with van der Waals surface area (Å²) < 4.78 is 0. The standard InChI is InChI=1S/C17H27N3/c1-5-12(3)16(19)8-11(2)9-17(20)14-6-7-15(18)13(4)10-14/h6-7,10-12,19-20H,5,8-9,18H2,1-4H3. The first-order valence-corrected chi connectivity index (χ1v) is 7.36. The van der Waals surface area contributed by atoms with Gasteiger partial charge in [-0.3, -0.25) is 0 Å². The molecule has 1 aromatic carbocycles. The molecule has 0 aliphatic carbocycles. The van der Waals surface area contributed by atoms with Crippen molar-refractivity contribution in [1.29, 1.82) is 10.8 Å². The quantitative estimate of drug-likeness (QED) is 0.499. The van der Waals surface area contributed by atoms with Gasteiger partial charge in [0.25, 0.3) is 0 Å². The van der Waals surface area contributed by atoms with E-state index < -0.39 is 0 Å². The molecule has 0 aliphatic heterocycles. The Balaban J connectivity index is 2.61. The zero-order valence-electron chi connectivity index (χ0n) is 13.1. The Morgan fingerprint density at radius 3 is 2.40 bits per heavy atom. The van der Waals surface area contributed by atoms with Gasteiger partial charge in [-0.25, -0.2) is 0 Å². The van der Waals surface area contributed by atoms with Crippen LogP contribution in [-0.4, -0.2) is 11.4 Å². The van der Waals surface area contributed by atoms with Crippen molar-refractivity contribution in [2.45, 2.75) is 47.0 Å². The maximum Gasteiger partial charge on any atom is 0.0389 e. The highest BCUT2D eigenvalue weighted by Crippen LogP contribution is 2.19. The van der Waals surface area contributed by atoms with Crippen LogP contribution in [-0.2, 0) is 0 Å². The zero-order valence-corrected chi connectivity index (χ0v) is 13.1. The van der Waals surface area contributed by atoms with Gasteiger partial charge in [-0.1, -0.05) is 26.8 Å². The van der Waals surface area contributed by atoms with Gasteiger partial charge in [0.15, 0.2) is 0 Å². The van der Waals surface area contributed by atoms with Crippen LogP contribution in [0.2, 0.25) is 0 Å². The zero-order chi connectivity index (χ0) is 15.3. The number of nitrogen functional groups attached to an aromatic ring is 1. The Morgan fingerprint density at radius 2 is 1.85 bits per heavy atom. The van der Waals surface area contributed by atoms with Crippen molar-refractivity contribution in [1.82, 2.24) is 0 Å². The molecular weight excluding hydrogens is 246 g/mol. The number of nitrogens with one attached hydrogen (secondary N) is 2. The first-order chi connectivity index (χ1) is 9.35. The third-order valence-electron chi connectivity index (χ3n) is 3.95. The van der Waals surface area contributed by atoms with Crippen LogP contribution < -0.4 is 5.73 Å². The monoisotopic (exact) mass is 273 g/mol. The molecule has 20 heavy (non-hydrogen) atoms. The lowest BCUT2D eigenvalue weighted by Gasteiger charge is -2.17. The molecule has 3 nitrogen and oxygen atoms in total. The van der Waals surface area contributed by atoms with Gasteiger partial charge >= 0.3 is 0 Å². The molecule has 0 heterocycles. The fourth-order valence-corrected chi connectivity index (χ4v) is 2.22. The van der Waals surface area contributed by atoms with Gasteiger partial charge in [-0.2, -0.15) is 0 Å². The Kier molecular flexibility index (Phi) is 5.93. The molecule has 0 spiro atoms. The molecule has 110 valence electrons. The molecule has 1 rings (SSSR count). The maximum absolute atomic E-state index is 8.21. The van der Waals surface area contributed by atoms with Crippen LogP contribution in [0.15, 0.2) is 18.2 Å². The highest BCUT2D eigenvalue weighted by Gasteiger charge is 2.14. The summed E-state index contributed by atoms with van der Waals surface area (Å²) >= 11 is 0. The van der Waals surface area contributed by atoms with Gasteiger partial charge in [-0.05, 0) is 61.3 Å². The van der Waals surface area contributed by atoms with E-state index in [1.165, 1.54) is 0 Å². The Bertz CT molecular complexity index is 491. The molecule has 0 amide bonds. The Morgan fingerprint density at radius 1 is 1.20 bits per heavy atom. The van der Waals surface area contributed by atoms with Crippen LogP contribution in [0.5, 0.6) is 0 Å². The predicted molar refractivity (Wildman–Crippen MR) is 88.0 cm³/mol. The molecule has 0 bridgehead atoms. The molecule has 0 aliphatic rings. The first kappa shape index (κ1) is 16.4. The SMILES string of the molecule is CCC(C)C(=N)CC(C)CC(=N)c1ccc(N)c(C)c1. The fraction of sp³-hybridized carbons (Fsp3) is 0.529. The first-order valence-electron chi connectivity index (χ1n) is 7.36. The molecule has 0 fully saturated rings. The topological polar surface area (TPSA) is 73.7 Å². The predicted octanol–water partition coefficient (Wildman–Crippen LogP) is 4.43. The second-order valence-corrected chi connectivity index (χ2v) is 5.90. The number of hydrogen-bond donors (Lipinski definition) is 3. The normalized spacial score (nSPS) is 13.8. The van der Waals surface area contributed by atoms with Crippen LogP contribution in [0.25, 0.3) is 0 Å². The van der Waals surface area contributed by atoms with Gasteiger partial charge < -0.3 is 16.6 Å². The highest BCUT2D eigenvalue weighted by molar-refractivity contribution is 5.99. The number of aryl methyl sites for hydroxylation is 1. The summed E-state index contributed by atoms with van der Waals surface area (Å²) in [7, 11) is 0. The third kappa shape index (κ3) is 4.48. The van der Waals surface area contributed by atoms with Gasteiger partial charge in [0.2, 0.25) is 0 Å². The van der Waals surface area contributed by atoms with Crippen LogP contribution in [0, 0.1) is 29.6 Å². The summed E-state index contributed by atoms with van der Waals surface area (Å²) in [6, 6.07) is 5.76. The van der Waals surface area contributed by atoms with E-state index in [2.05, 4.69) is 20.8 Å². The smallest absolute Gasteiger partial charge is 0.0389 e. The molecule has 0 aromatic heterocycles. The molecule has 1 aromatic rings. The minimum atomic E-state index is 0.335. The van der Waals surface area contributed by atoms with Gasteiger partial charge in [0, 0.05) is 17.1 Å². The number of rotatable bonds is 7. The largest absolute Gasteiger partial charge is 0.399 e. The van der Waals surface area contributed by atoms with Crippen molar-refractivity contribution in [3.63, 3.8) is 0 Å². The van der Waals surface area contributed by atoms with E-state index in [1.54, 1.807) is 0 Å². The second kappa shape index (κ2) is 7.22. The summed E-state index contributed by atoms with van der Waals surface area (Å²) in [5.74, 6) is 0.687. The van der Waals surface area contributed by atoms with Gasteiger partial charge in [0.1, 0.15) is 0 Å². The molecule has 3 heteroatoms. The van der Waals surface area contributed by atoms with E-state index in [0.29, 0.717) is 24.0 Å². The van der Waals surface area contributed by atoms with Crippen molar-refractivity contribution < 1.29 is 0 Å². The van der Waals surface area contributed by atoms with E-state index in [4.69, 9.17) is 16.6 Å². The van der Waals surface area contributed by atoms with Gasteiger partial charge in [-0.15, -0.1) is 0 Å². The minimum absolute atomic E-state index is 0.335. The Labute approximate surface area is 122 Å². The summed E-state index contributed by atoms with van der Waals surface area (Å²) in [6.07, 6.45) is 2.51. The molecule has 0 saturated carbocycles. The van der Waals surface area contributed by atoms with Crippen molar-refractivity contribution >= 4 is 17.1 Å². The van der Waals surface area contributed by atoms with E-state index in [0.717, 1.165) is 35.4 Å². The lowest BCUT2D eigenvalue weighted by Crippen LogP contribution is -2.15. The average molecular weight is 273 g/mol. The summed E-state index contributed by atoms with van der Waals surface area (Å²) in [5.41, 5.74) is 9.98. The van der Waals surface area contributed by atoms with Crippen LogP contribution in [0.4, 0.5) is 5.69 Å². The third-order valence-corrected chi connectivity index (χ3v) is 3.95. The molecular formula is C17H27N3. The summed E-state index contributed by atoms with van der Waals surface area (Å²) in [5, 5.41) is 16.3. The second-order valence-electron chi connectivity index (χ2n) is 5.90. The molecule has 2 atom stereocenters. The summed E-state index contributed by atoms with van der Waals surface area (Å²) in [4.78, 5) is 0. The summed E-state index contributed by atoms with van der Waals surface area (Å²) in [6.45, 7) is 8.30. The van der Waals surface area contributed by atoms with E-state index in [9.17, 15) is 0 Å². The average Bonchev–Trinajstić information content (AvgIpc) is 2.40. The van der Waals surface area contributed by atoms with E-state index in [-0.39, 0.29) is 0 Å². The maximum atomic E-state index is 8.21. The lowest BCUT2D eigenvalue weighted by atomic mass is 9.89. The van der Waals surface area contributed by atoms with Gasteiger partial charge in [0.05, 0.1) is 0 Å². The number of hydrogen-bond acceptors (Lipinski definition) is 3. The number of anilines is 1. The van der Waals surface area contributed by atoms with E-state index >= 15 is 0 Å². The lowest BCUT2D eigenvalue weighted by molar-refractivity contribution is 0.603. The highest BCUT2D eigenvalue weighted by atomic mass is 14.6.